The second-order valence-corrected chi connectivity index (χ2v) is 5.28. The zero-order chi connectivity index (χ0) is 14.6. The normalized spacial score (nSPS) is 14.8. The molecule has 2 unspecified atom stereocenters. The third-order valence-electron chi connectivity index (χ3n) is 2.45. The average Bonchev–Trinajstić information content (AvgIpc) is 2.35. The minimum absolute atomic E-state index is 0.178. The molecule has 0 amide bonds. The Kier molecular flexibility index (Phi) is 5.05. The molecule has 0 heterocycles. The van der Waals surface area contributed by atoms with E-state index in [1.54, 1.807) is 32.9 Å². The van der Waals surface area contributed by atoms with Crippen LogP contribution < -0.4 is 0 Å². The van der Waals surface area contributed by atoms with E-state index in [1.807, 2.05) is 0 Å². The summed E-state index contributed by atoms with van der Waals surface area (Å²) in [5.41, 5.74) is -0.235. The molecule has 106 valence electrons. The summed E-state index contributed by atoms with van der Waals surface area (Å²) in [6, 6.07) is 6.30. The number of carbonyl (C=O) groups excluding carboxylic acids is 1. The molecule has 0 aliphatic heterocycles. The first-order valence-electron chi connectivity index (χ1n) is 6.05. The molecule has 0 saturated carbocycles. The molecule has 1 aromatic rings. The monoisotopic (exact) mass is 268 g/mol. The fourth-order valence-corrected chi connectivity index (χ4v) is 1.58. The number of aliphatic hydroxyl groups is 3. The van der Waals surface area contributed by atoms with Gasteiger partial charge in [0.15, 0.2) is 0 Å². The Hall–Kier alpha value is -1.43. The van der Waals surface area contributed by atoms with Crippen molar-refractivity contribution in [3.63, 3.8) is 0 Å². The van der Waals surface area contributed by atoms with E-state index in [0.717, 1.165) is 0 Å². The van der Waals surface area contributed by atoms with Gasteiger partial charge in [-0.25, -0.2) is 4.79 Å². The summed E-state index contributed by atoms with van der Waals surface area (Å²) >= 11 is 0. The van der Waals surface area contributed by atoms with Gasteiger partial charge in [0.25, 0.3) is 0 Å². The van der Waals surface area contributed by atoms with Gasteiger partial charge in [-0.15, -0.1) is 0 Å². The van der Waals surface area contributed by atoms with Crippen LogP contribution in [0.25, 0.3) is 0 Å². The van der Waals surface area contributed by atoms with Gasteiger partial charge in [-0.1, -0.05) is 18.2 Å². The summed E-state index contributed by atoms with van der Waals surface area (Å²) in [6.45, 7) is 4.63. The molecule has 0 aliphatic carbocycles. The lowest BCUT2D eigenvalue weighted by atomic mass is 9.98. The van der Waals surface area contributed by atoms with Gasteiger partial charge in [-0.05, 0) is 32.4 Å². The van der Waals surface area contributed by atoms with E-state index in [4.69, 9.17) is 9.84 Å². The standard InChI is InChI=1S/C14H20O5/c1-14(2,3)19-13(18)10-7-5-4-6-9(10)12(17)11(16)8-15/h4-7,11-12,15-17H,8H2,1-3H3. The Balaban J connectivity index is 3.05. The molecule has 0 saturated heterocycles. The third-order valence-corrected chi connectivity index (χ3v) is 2.45. The highest BCUT2D eigenvalue weighted by molar-refractivity contribution is 5.91. The zero-order valence-electron chi connectivity index (χ0n) is 11.3. The Morgan fingerprint density at radius 1 is 1.26 bits per heavy atom. The highest BCUT2D eigenvalue weighted by Crippen LogP contribution is 2.23. The Morgan fingerprint density at radius 3 is 2.37 bits per heavy atom. The van der Waals surface area contributed by atoms with Gasteiger partial charge in [-0.3, -0.25) is 0 Å². The number of carbonyl (C=O) groups is 1. The van der Waals surface area contributed by atoms with Gasteiger partial charge < -0.3 is 20.1 Å². The van der Waals surface area contributed by atoms with Crippen LogP contribution in [0.2, 0.25) is 0 Å². The van der Waals surface area contributed by atoms with Crippen LogP contribution in [0.4, 0.5) is 0 Å². The average molecular weight is 268 g/mol. The first kappa shape index (κ1) is 15.6. The summed E-state index contributed by atoms with van der Waals surface area (Å²) in [6.07, 6.45) is -2.68. The molecule has 5 nitrogen and oxygen atoms in total. The van der Waals surface area contributed by atoms with Crippen LogP contribution in [-0.4, -0.2) is 39.6 Å². The molecular weight excluding hydrogens is 248 g/mol. The lowest BCUT2D eigenvalue weighted by Gasteiger charge is -2.22. The highest BCUT2D eigenvalue weighted by Gasteiger charge is 2.25. The predicted octanol–water partition coefficient (Wildman–Crippen LogP) is 1.03. The first-order valence-corrected chi connectivity index (χ1v) is 6.05. The van der Waals surface area contributed by atoms with Crippen LogP contribution >= 0.6 is 0 Å². The van der Waals surface area contributed by atoms with Crippen molar-refractivity contribution in [2.45, 2.75) is 38.6 Å². The van der Waals surface area contributed by atoms with Crippen LogP contribution in [0.5, 0.6) is 0 Å². The van der Waals surface area contributed by atoms with E-state index < -0.39 is 30.4 Å². The van der Waals surface area contributed by atoms with Gasteiger partial charge in [0.2, 0.25) is 0 Å². The SMILES string of the molecule is CC(C)(C)OC(=O)c1ccccc1C(O)C(O)CO. The number of hydrogen-bond donors (Lipinski definition) is 3. The largest absolute Gasteiger partial charge is 0.456 e. The molecule has 1 rings (SSSR count). The summed E-state index contributed by atoms with van der Waals surface area (Å²) in [5.74, 6) is -0.577. The van der Waals surface area contributed by atoms with Crippen molar-refractivity contribution in [1.29, 1.82) is 0 Å². The van der Waals surface area contributed by atoms with E-state index in [0.29, 0.717) is 0 Å². The van der Waals surface area contributed by atoms with E-state index in [1.165, 1.54) is 12.1 Å². The fraction of sp³-hybridized carbons (Fsp3) is 0.500. The van der Waals surface area contributed by atoms with Crippen molar-refractivity contribution < 1.29 is 24.9 Å². The second kappa shape index (κ2) is 6.14. The van der Waals surface area contributed by atoms with Crippen molar-refractivity contribution in [3.05, 3.63) is 35.4 Å². The van der Waals surface area contributed by atoms with Crippen LogP contribution in [-0.2, 0) is 4.74 Å². The van der Waals surface area contributed by atoms with Crippen LogP contribution in [0.1, 0.15) is 42.8 Å². The van der Waals surface area contributed by atoms with Gasteiger partial charge in [0.05, 0.1) is 12.2 Å². The summed E-state index contributed by atoms with van der Waals surface area (Å²) in [7, 11) is 0. The fourth-order valence-electron chi connectivity index (χ4n) is 1.58. The van der Waals surface area contributed by atoms with E-state index >= 15 is 0 Å². The maximum atomic E-state index is 12.0. The maximum absolute atomic E-state index is 12.0. The van der Waals surface area contributed by atoms with Crippen LogP contribution in [0, 0.1) is 0 Å². The molecule has 0 aromatic heterocycles. The van der Waals surface area contributed by atoms with E-state index in [-0.39, 0.29) is 11.1 Å². The zero-order valence-corrected chi connectivity index (χ0v) is 11.3. The molecular formula is C14H20O5. The van der Waals surface area contributed by atoms with Crippen molar-refractivity contribution >= 4 is 5.97 Å². The topological polar surface area (TPSA) is 87.0 Å². The van der Waals surface area contributed by atoms with Gasteiger partial charge in [-0.2, -0.15) is 0 Å². The number of esters is 1. The molecule has 0 bridgehead atoms. The minimum atomic E-state index is -1.34. The third kappa shape index (κ3) is 4.31. The van der Waals surface area contributed by atoms with Crippen molar-refractivity contribution in [3.8, 4) is 0 Å². The number of aliphatic hydroxyl groups excluding tert-OH is 3. The number of rotatable bonds is 4. The number of benzene rings is 1. The van der Waals surface area contributed by atoms with E-state index in [9.17, 15) is 15.0 Å². The maximum Gasteiger partial charge on any atom is 0.339 e. The highest BCUT2D eigenvalue weighted by atomic mass is 16.6. The molecule has 19 heavy (non-hydrogen) atoms. The molecule has 0 spiro atoms. The molecule has 0 fully saturated rings. The summed E-state index contributed by atoms with van der Waals surface area (Å²) in [5, 5.41) is 28.2. The Morgan fingerprint density at radius 2 is 1.84 bits per heavy atom. The Labute approximate surface area is 112 Å². The summed E-state index contributed by atoms with van der Waals surface area (Å²) < 4.78 is 5.23. The van der Waals surface area contributed by atoms with Crippen molar-refractivity contribution in [1.82, 2.24) is 0 Å². The molecule has 3 N–H and O–H groups in total. The Bertz CT molecular complexity index is 436. The summed E-state index contributed by atoms with van der Waals surface area (Å²) in [4.78, 5) is 12.0. The number of hydrogen-bond acceptors (Lipinski definition) is 5. The quantitative estimate of drug-likeness (QED) is 0.710. The smallest absolute Gasteiger partial charge is 0.339 e. The number of ether oxygens (including phenoxy) is 1. The molecule has 1 aromatic carbocycles. The van der Waals surface area contributed by atoms with E-state index in [2.05, 4.69) is 0 Å². The van der Waals surface area contributed by atoms with Gasteiger partial charge >= 0.3 is 5.97 Å². The van der Waals surface area contributed by atoms with Gasteiger partial charge in [0, 0.05) is 0 Å². The van der Waals surface area contributed by atoms with Crippen molar-refractivity contribution in [2.75, 3.05) is 6.61 Å². The first-order chi connectivity index (χ1) is 8.76. The molecule has 0 radical (unpaired) electrons. The van der Waals surface area contributed by atoms with Crippen molar-refractivity contribution in [2.24, 2.45) is 0 Å². The van der Waals surface area contributed by atoms with Gasteiger partial charge in [0.1, 0.15) is 17.8 Å². The predicted molar refractivity (Wildman–Crippen MR) is 69.7 cm³/mol. The molecule has 0 aliphatic rings. The second-order valence-electron chi connectivity index (χ2n) is 5.28. The lowest BCUT2D eigenvalue weighted by Crippen LogP contribution is -2.27. The van der Waals surface area contributed by atoms with Crippen LogP contribution in [0.15, 0.2) is 24.3 Å². The molecule has 2 atom stereocenters. The minimum Gasteiger partial charge on any atom is -0.456 e. The molecule has 5 heteroatoms. The van der Waals surface area contributed by atoms with Crippen LogP contribution in [0.3, 0.4) is 0 Å². The lowest BCUT2D eigenvalue weighted by molar-refractivity contribution is -0.0172.